The number of hydrogen-bond donors (Lipinski definition) is 1. The number of rotatable bonds is 4. The number of ether oxygens (including phenoxy) is 1. The van der Waals surface area contributed by atoms with Crippen LogP contribution in [-0.4, -0.2) is 49.8 Å². The zero-order chi connectivity index (χ0) is 11.4. The molecule has 0 amide bonds. The van der Waals surface area contributed by atoms with E-state index in [1.54, 1.807) is 7.11 Å². The second-order valence-electron chi connectivity index (χ2n) is 5.52. The van der Waals surface area contributed by atoms with Crippen molar-refractivity contribution in [1.29, 1.82) is 0 Å². The first kappa shape index (κ1) is 12.3. The van der Waals surface area contributed by atoms with E-state index in [0.717, 1.165) is 19.6 Å². The molecule has 1 aliphatic heterocycles. The van der Waals surface area contributed by atoms with Gasteiger partial charge in [0.05, 0.1) is 0 Å². The SMILES string of the molecule is COCCC(C)N1CCNC2(CCCC2)C1. The Hall–Kier alpha value is -0.120. The van der Waals surface area contributed by atoms with Gasteiger partial charge in [0.15, 0.2) is 0 Å². The van der Waals surface area contributed by atoms with Crippen molar-refractivity contribution in [2.24, 2.45) is 0 Å². The van der Waals surface area contributed by atoms with Crippen molar-refractivity contribution in [3.05, 3.63) is 0 Å². The fraction of sp³-hybridized carbons (Fsp3) is 1.00. The molecule has 1 saturated heterocycles. The highest BCUT2D eigenvalue weighted by molar-refractivity contribution is 4.98. The normalized spacial score (nSPS) is 27.4. The molecule has 2 aliphatic rings. The van der Waals surface area contributed by atoms with E-state index < -0.39 is 0 Å². The Morgan fingerprint density at radius 1 is 1.38 bits per heavy atom. The molecule has 0 bridgehead atoms. The minimum atomic E-state index is 0.458. The fourth-order valence-electron chi connectivity index (χ4n) is 3.22. The molecule has 1 aliphatic carbocycles. The van der Waals surface area contributed by atoms with Gasteiger partial charge in [0.1, 0.15) is 0 Å². The molecule has 1 heterocycles. The van der Waals surface area contributed by atoms with Crippen molar-refractivity contribution in [3.63, 3.8) is 0 Å². The third-order valence-electron chi connectivity index (χ3n) is 4.33. The third kappa shape index (κ3) is 2.76. The Balaban J connectivity index is 1.85. The highest BCUT2D eigenvalue weighted by Crippen LogP contribution is 2.32. The van der Waals surface area contributed by atoms with Crippen molar-refractivity contribution >= 4 is 0 Å². The molecule has 0 aromatic rings. The number of hydrogen-bond acceptors (Lipinski definition) is 3. The van der Waals surface area contributed by atoms with Gasteiger partial charge in [-0.2, -0.15) is 0 Å². The zero-order valence-corrected chi connectivity index (χ0v) is 10.8. The van der Waals surface area contributed by atoms with E-state index in [4.69, 9.17) is 4.74 Å². The van der Waals surface area contributed by atoms with Crippen LogP contribution in [0.3, 0.4) is 0 Å². The standard InChI is InChI=1S/C13H26N2O/c1-12(5-10-16-2)15-9-8-14-13(11-15)6-3-4-7-13/h12,14H,3-11H2,1-2H3. The highest BCUT2D eigenvalue weighted by Gasteiger charge is 2.38. The van der Waals surface area contributed by atoms with E-state index in [-0.39, 0.29) is 0 Å². The fourth-order valence-corrected chi connectivity index (χ4v) is 3.22. The Kier molecular flexibility index (Phi) is 4.22. The van der Waals surface area contributed by atoms with Gasteiger partial charge >= 0.3 is 0 Å². The van der Waals surface area contributed by atoms with Gasteiger partial charge in [0.25, 0.3) is 0 Å². The predicted octanol–water partition coefficient (Wildman–Crippen LogP) is 1.63. The topological polar surface area (TPSA) is 24.5 Å². The Morgan fingerprint density at radius 2 is 2.12 bits per heavy atom. The molecule has 3 heteroatoms. The molecule has 2 rings (SSSR count). The second-order valence-corrected chi connectivity index (χ2v) is 5.52. The summed E-state index contributed by atoms with van der Waals surface area (Å²) in [5.41, 5.74) is 0.458. The number of methoxy groups -OCH3 is 1. The van der Waals surface area contributed by atoms with Gasteiger partial charge in [-0.25, -0.2) is 0 Å². The van der Waals surface area contributed by atoms with E-state index in [1.807, 2.05) is 0 Å². The molecule has 16 heavy (non-hydrogen) atoms. The van der Waals surface area contributed by atoms with Crippen LogP contribution in [0.5, 0.6) is 0 Å². The molecule has 3 nitrogen and oxygen atoms in total. The van der Waals surface area contributed by atoms with Gasteiger partial charge in [0, 0.05) is 44.9 Å². The molecule has 1 unspecified atom stereocenters. The maximum Gasteiger partial charge on any atom is 0.0477 e. The number of piperazine rings is 1. The first-order valence-corrected chi connectivity index (χ1v) is 6.74. The summed E-state index contributed by atoms with van der Waals surface area (Å²) in [5.74, 6) is 0. The molecular weight excluding hydrogens is 200 g/mol. The van der Waals surface area contributed by atoms with E-state index in [0.29, 0.717) is 11.6 Å². The van der Waals surface area contributed by atoms with E-state index in [1.165, 1.54) is 38.8 Å². The molecular formula is C13H26N2O. The van der Waals surface area contributed by atoms with Crippen molar-refractivity contribution in [2.75, 3.05) is 33.4 Å². The summed E-state index contributed by atoms with van der Waals surface area (Å²) in [6, 6.07) is 0.666. The molecule has 0 radical (unpaired) electrons. The van der Waals surface area contributed by atoms with Gasteiger partial charge in [-0.05, 0) is 26.2 Å². The minimum absolute atomic E-state index is 0.458. The van der Waals surface area contributed by atoms with Crippen LogP contribution in [0.15, 0.2) is 0 Å². The van der Waals surface area contributed by atoms with Crippen LogP contribution >= 0.6 is 0 Å². The van der Waals surface area contributed by atoms with Crippen LogP contribution in [0.1, 0.15) is 39.0 Å². The lowest BCUT2D eigenvalue weighted by Crippen LogP contribution is -2.60. The molecule has 0 aromatic carbocycles. The van der Waals surface area contributed by atoms with Crippen LogP contribution in [0, 0.1) is 0 Å². The summed E-state index contributed by atoms with van der Waals surface area (Å²) < 4.78 is 5.18. The van der Waals surface area contributed by atoms with Crippen LogP contribution in [0.25, 0.3) is 0 Å². The van der Waals surface area contributed by atoms with Crippen LogP contribution in [0.4, 0.5) is 0 Å². The average Bonchev–Trinajstić information content (AvgIpc) is 2.74. The van der Waals surface area contributed by atoms with Crippen molar-refractivity contribution in [3.8, 4) is 0 Å². The summed E-state index contributed by atoms with van der Waals surface area (Å²) in [4.78, 5) is 2.65. The molecule has 2 fully saturated rings. The lowest BCUT2D eigenvalue weighted by molar-refractivity contribution is 0.0799. The van der Waals surface area contributed by atoms with Crippen LogP contribution < -0.4 is 5.32 Å². The molecule has 0 aromatic heterocycles. The average molecular weight is 226 g/mol. The first-order valence-electron chi connectivity index (χ1n) is 6.74. The monoisotopic (exact) mass is 226 g/mol. The minimum Gasteiger partial charge on any atom is -0.385 e. The molecule has 1 N–H and O–H groups in total. The van der Waals surface area contributed by atoms with Gasteiger partial charge in [-0.1, -0.05) is 12.8 Å². The maximum atomic E-state index is 5.18. The van der Waals surface area contributed by atoms with Gasteiger partial charge in [-0.15, -0.1) is 0 Å². The predicted molar refractivity (Wildman–Crippen MR) is 66.7 cm³/mol. The maximum absolute atomic E-state index is 5.18. The first-order chi connectivity index (χ1) is 7.76. The van der Waals surface area contributed by atoms with Crippen molar-refractivity contribution in [2.45, 2.75) is 50.6 Å². The van der Waals surface area contributed by atoms with Crippen molar-refractivity contribution < 1.29 is 4.74 Å². The number of nitrogens with zero attached hydrogens (tertiary/aromatic N) is 1. The second kappa shape index (κ2) is 5.48. The summed E-state index contributed by atoms with van der Waals surface area (Å²) in [5, 5.41) is 3.76. The largest absolute Gasteiger partial charge is 0.385 e. The molecule has 1 atom stereocenters. The van der Waals surface area contributed by atoms with Crippen LogP contribution in [-0.2, 0) is 4.74 Å². The summed E-state index contributed by atoms with van der Waals surface area (Å²) >= 11 is 0. The van der Waals surface area contributed by atoms with E-state index in [9.17, 15) is 0 Å². The highest BCUT2D eigenvalue weighted by atomic mass is 16.5. The van der Waals surface area contributed by atoms with E-state index in [2.05, 4.69) is 17.1 Å². The smallest absolute Gasteiger partial charge is 0.0477 e. The van der Waals surface area contributed by atoms with E-state index >= 15 is 0 Å². The summed E-state index contributed by atoms with van der Waals surface area (Å²) in [6.07, 6.45) is 6.73. The Labute approximate surface area is 99.5 Å². The molecule has 1 saturated carbocycles. The van der Waals surface area contributed by atoms with Crippen LogP contribution in [0.2, 0.25) is 0 Å². The van der Waals surface area contributed by atoms with Gasteiger partial charge in [0.2, 0.25) is 0 Å². The summed E-state index contributed by atoms with van der Waals surface area (Å²) in [7, 11) is 1.79. The lowest BCUT2D eigenvalue weighted by Gasteiger charge is -2.44. The molecule has 1 spiro atoms. The zero-order valence-electron chi connectivity index (χ0n) is 10.8. The quantitative estimate of drug-likeness (QED) is 0.788. The summed E-state index contributed by atoms with van der Waals surface area (Å²) in [6.45, 7) is 6.84. The van der Waals surface area contributed by atoms with Crippen molar-refractivity contribution in [1.82, 2.24) is 10.2 Å². The van der Waals surface area contributed by atoms with Gasteiger partial charge < -0.3 is 10.1 Å². The third-order valence-corrected chi connectivity index (χ3v) is 4.33. The lowest BCUT2D eigenvalue weighted by atomic mass is 9.93. The van der Waals surface area contributed by atoms with Gasteiger partial charge in [-0.3, -0.25) is 4.90 Å². The Morgan fingerprint density at radius 3 is 2.81 bits per heavy atom. The molecule has 94 valence electrons. The number of nitrogens with one attached hydrogen (secondary N) is 1. The Bertz CT molecular complexity index is 214.